The number of hydrogen-bond acceptors (Lipinski definition) is 0. The molecule has 0 bridgehead atoms. The van der Waals surface area contributed by atoms with E-state index in [1.165, 1.54) is 18.2 Å². The summed E-state index contributed by atoms with van der Waals surface area (Å²) in [5, 5.41) is 0.0856. The van der Waals surface area contributed by atoms with Crippen molar-refractivity contribution < 1.29 is 8.78 Å². The van der Waals surface area contributed by atoms with Crippen molar-refractivity contribution in [2.24, 2.45) is 0 Å². The molecule has 0 aliphatic heterocycles. The fraction of sp³-hybridized carbons (Fsp3) is 0. The summed E-state index contributed by atoms with van der Waals surface area (Å²) in [6.45, 7) is 0. The van der Waals surface area contributed by atoms with E-state index in [1.54, 1.807) is 6.07 Å². The lowest BCUT2D eigenvalue weighted by molar-refractivity contribution is 0.325. The number of benzene rings is 1. The summed E-state index contributed by atoms with van der Waals surface area (Å²) in [6, 6.07) is 5.82. The third-order valence-electron chi connectivity index (χ3n) is 1.08. The summed E-state index contributed by atoms with van der Waals surface area (Å²) in [6.07, 6.45) is -1.74. The minimum absolute atomic E-state index is 0.0856. The average Bonchev–Trinajstić information content (AvgIpc) is 1.88. The molecular weight excluding hydrogens is 158 g/mol. The first kappa shape index (κ1) is 7.48. The molecule has 0 fully saturated rings. The second-order valence-corrected chi connectivity index (χ2v) is 2.15. The van der Waals surface area contributed by atoms with Gasteiger partial charge >= 0.3 is 6.43 Å². The van der Waals surface area contributed by atoms with Gasteiger partial charge in [0.05, 0.1) is 5.02 Å². The predicted molar refractivity (Wildman–Crippen MR) is 36.0 cm³/mol. The van der Waals surface area contributed by atoms with E-state index in [9.17, 15) is 8.78 Å². The van der Waals surface area contributed by atoms with Crippen LogP contribution in [-0.2, 0) is 0 Å². The minimum Gasteiger partial charge on any atom is -0.194 e. The van der Waals surface area contributed by atoms with Crippen LogP contribution in [0.5, 0.6) is 0 Å². The first-order valence-electron chi connectivity index (χ1n) is 2.64. The molecule has 0 atom stereocenters. The Labute approximate surface area is 62.4 Å². The maximum absolute atomic E-state index is 11.9. The second kappa shape index (κ2) is 2.97. The van der Waals surface area contributed by atoms with E-state index >= 15 is 0 Å². The molecule has 0 aromatic heterocycles. The van der Waals surface area contributed by atoms with Gasteiger partial charge < -0.3 is 0 Å². The van der Waals surface area contributed by atoms with Crippen molar-refractivity contribution in [3.05, 3.63) is 41.3 Å². The first-order chi connectivity index (χ1) is 4.72. The maximum atomic E-state index is 11.9. The molecule has 0 saturated carbocycles. The molecule has 1 aromatic carbocycles. The van der Waals surface area contributed by atoms with Gasteiger partial charge in [-0.25, -0.2) is 0 Å². The Bertz CT molecular complexity index is 223. The van der Waals surface area contributed by atoms with Crippen LogP contribution in [0.4, 0.5) is 8.78 Å². The third-order valence-corrected chi connectivity index (χ3v) is 1.41. The monoisotopic (exact) mass is 161 g/mol. The normalized spacial score (nSPS) is 10.4. The molecule has 10 heavy (non-hydrogen) atoms. The zero-order valence-corrected chi connectivity index (χ0v) is 5.70. The van der Waals surface area contributed by atoms with Crippen LogP contribution < -0.4 is 0 Å². The zero-order valence-electron chi connectivity index (χ0n) is 4.94. The predicted octanol–water partition coefficient (Wildman–Crippen LogP) is 3.12. The van der Waals surface area contributed by atoms with Crippen LogP contribution in [0.2, 0.25) is 5.02 Å². The van der Waals surface area contributed by atoms with Crippen molar-refractivity contribution in [1.29, 1.82) is 0 Å². The highest BCUT2D eigenvalue weighted by Crippen LogP contribution is 2.24. The average molecular weight is 162 g/mol. The molecule has 1 rings (SSSR count). The van der Waals surface area contributed by atoms with Gasteiger partial charge in [0.1, 0.15) is 0 Å². The van der Waals surface area contributed by atoms with Gasteiger partial charge in [0, 0.05) is 5.56 Å². The molecule has 0 amide bonds. The molecule has 0 saturated heterocycles. The van der Waals surface area contributed by atoms with Crippen LogP contribution in [0.25, 0.3) is 0 Å². The van der Waals surface area contributed by atoms with Gasteiger partial charge in [-0.3, -0.25) is 0 Å². The fourth-order valence-corrected chi connectivity index (χ4v) is 0.822. The van der Waals surface area contributed by atoms with Gasteiger partial charge in [-0.1, -0.05) is 29.8 Å². The van der Waals surface area contributed by atoms with Crippen LogP contribution in [0.1, 0.15) is 5.56 Å². The van der Waals surface area contributed by atoms with Crippen LogP contribution in [0, 0.1) is 6.43 Å². The van der Waals surface area contributed by atoms with E-state index in [4.69, 9.17) is 11.6 Å². The molecule has 0 spiro atoms. The Morgan fingerprint density at radius 1 is 1.20 bits per heavy atom. The summed E-state index contributed by atoms with van der Waals surface area (Å²) >= 11 is 5.42. The van der Waals surface area contributed by atoms with Gasteiger partial charge in [0.25, 0.3) is 0 Å². The van der Waals surface area contributed by atoms with Crippen molar-refractivity contribution in [2.75, 3.05) is 0 Å². The molecule has 0 nitrogen and oxygen atoms in total. The van der Waals surface area contributed by atoms with Crippen molar-refractivity contribution in [3.8, 4) is 0 Å². The minimum atomic E-state index is -1.74. The summed E-state index contributed by atoms with van der Waals surface area (Å²) in [4.78, 5) is 0. The highest BCUT2D eigenvalue weighted by molar-refractivity contribution is 6.31. The van der Waals surface area contributed by atoms with Gasteiger partial charge in [0.15, 0.2) is 0 Å². The van der Waals surface area contributed by atoms with Crippen LogP contribution in [0.15, 0.2) is 24.3 Å². The Kier molecular flexibility index (Phi) is 2.22. The Morgan fingerprint density at radius 2 is 1.80 bits per heavy atom. The van der Waals surface area contributed by atoms with E-state index in [1.807, 2.05) is 0 Å². The molecule has 53 valence electrons. The molecule has 3 heteroatoms. The lowest BCUT2D eigenvalue weighted by Gasteiger charge is -1.97. The van der Waals surface area contributed by atoms with Crippen molar-refractivity contribution in [1.82, 2.24) is 0 Å². The van der Waals surface area contributed by atoms with E-state index < -0.39 is 6.43 Å². The quantitative estimate of drug-likeness (QED) is 0.594. The summed E-state index contributed by atoms with van der Waals surface area (Å²) in [5.41, 5.74) is -0.191. The molecule has 0 aliphatic rings. The van der Waals surface area contributed by atoms with E-state index in [0.29, 0.717) is 0 Å². The zero-order chi connectivity index (χ0) is 7.56. The Morgan fingerprint density at radius 3 is 2.20 bits per heavy atom. The highest BCUT2D eigenvalue weighted by Gasteiger charge is 2.11. The highest BCUT2D eigenvalue weighted by atomic mass is 35.5. The Balaban J connectivity index is 3.03. The third kappa shape index (κ3) is 1.45. The van der Waals surface area contributed by atoms with Gasteiger partial charge in [-0.15, -0.1) is 0 Å². The number of halogens is 3. The van der Waals surface area contributed by atoms with E-state index in [0.717, 1.165) is 0 Å². The summed E-state index contributed by atoms with van der Waals surface area (Å²) in [5.74, 6) is 0. The molecule has 0 N–H and O–H groups in total. The smallest absolute Gasteiger partial charge is 0.194 e. The molecule has 0 aliphatic carbocycles. The first-order valence-corrected chi connectivity index (χ1v) is 3.02. The van der Waals surface area contributed by atoms with Gasteiger partial charge in [-0.05, 0) is 6.07 Å². The molecule has 0 unspecified atom stereocenters. The number of rotatable bonds is 1. The van der Waals surface area contributed by atoms with Gasteiger partial charge in [-0.2, -0.15) is 8.78 Å². The van der Waals surface area contributed by atoms with Crippen LogP contribution >= 0.6 is 11.6 Å². The topological polar surface area (TPSA) is 0 Å². The molecule has 0 heterocycles. The molecular formula is C7H4ClF2. The lowest BCUT2D eigenvalue weighted by Crippen LogP contribution is -1.84. The summed E-state index contributed by atoms with van der Waals surface area (Å²) in [7, 11) is 0. The van der Waals surface area contributed by atoms with Crippen molar-refractivity contribution in [2.45, 2.75) is 0 Å². The Hall–Kier alpha value is -0.630. The molecule has 1 aromatic rings. The van der Waals surface area contributed by atoms with E-state index in [2.05, 4.69) is 0 Å². The SMILES string of the molecule is F[C](F)c1ccccc1Cl. The maximum Gasteiger partial charge on any atom is 0.341 e. The van der Waals surface area contributed by atoms with Crippen molar-refractivity contribution >= 4 is 11.6 Å². The second-order valence-electron chi connectivity index (χ2n) is 1.74. The van der Waals surface area contributed by atoms with Gasteiger partial charge in [0.2, 0.25) is 0 Å². The standard InChI is InChI=1S/C7H4ClF2/c8-6-4-2-1-3-5(6)7(9)10/h1-4H. The summed E-state index contributed by atoms with van der Waals surface area (Å²) < 4.78 is 23.7. The van der Waals surface area contributed by atoms with Crippen LogP contribution in [-0.4, -0.2) is 0 Å². The largest absolute Gasteiger partial charge is 0.341 e. The molecule has 1 radical (unpaired) electrons. The number of hydrogen-bond donors (Lipinski definition) is 0. The van der Waals surface area contributed by atoms with Crippen LogP contribution in [0.3, 0.4) is 0 Å². The van der Waals surface area contributed by atoms with E-state index in [-0.39, 0.29) is 10.6 Å². The lowest BCUT2D eigenvalue weighted by atomic mass is 10.2. The van der Waals surface area contributed by atoms with Crippen molar-refractivity contribution in [3.63, 3.8) is 0 Å². The fourth-order valence-electron chi connectivity index (χ4n) is 0.614.